The first-order valence-corrected chi connectivity index (χ1v) is 6.59. The highest BCUT2D eigenvalue weighted by Gasteiger charge is 2.31. The monoisotopic (exact) mass is 286 g/mol. The van der Waals surface area contributed by atoms with Crippen LogP contribution < -0.4 is 11.1 Å². The number of amides is 1. The lowest BCUT2D eigenvalue weighted by molar-refractivity contribution is 0.0930. The summed E-state index contributed by atoms with van der Waals surface area (Å²) < 4.78 is 13.9. The normalized spacial score (nSPS) is 16.2. The Bertz CT molecular complexity index is 742. The fraction of sp³-hybridized carbons (Fsp3) is 0.267. The van der Waals surface area contributed by atoms with E-state index in [1.165, 1.54) is 0 Å². The molecule has 108 valence electrons. The van der Waals surface area contributed by atoms with Gasteiger partial charge in [0, 0.05) is 23.1 Å². The Labute approximate surface area is 121 Å². The van der Waals surface area contributed by atoms with Crippen LogP contribution in [0.15, 0.2) is 24.4 Å². The largest absolute Gasteiger partial charge is 0.368 e. The van der Waals surface area contributed by atoms with Gasteiger partial charge < -0.3 is 11.1 Å². The number of hydrogen-bond acceptors (Lipinski definition) is 4. The molecule has 0 saturated heterocycles. The molecule has 3 N–H and O–H groups in total. The van der Waals surface area contributed by atoms with Gasteiger partial charge in [-0.3, -0.25) is 4.79 Å². The van der Waals surface area contributed by atoms with E-state index < -0.39 is 5.82 Å². The molecule has 2 aromatic rings. The Morgan fingerprint density at radius 1 is 1.38 bits per heavy atom. The van der Waals surface area contributed by atoms with E-state index in [1.54, 1.807) is 18.2 Å². The minimum atomic E-state index is -0.540. The number of aromatic nitrogens is 2. The van der Waals surface area contributed by atoms with Crippen LogP contribution in [0.2, 0.25) is 0 Å². The molecule has 6 heteroatoms. The van der Waals surface area contributed by atoms with Crippen molar-refractivity contribution in [2.75, 3.05) is 12.3 Å². The highest BCUT2D eigenvalue weighted by atomic mass is 19.1. The maximum Gasteiger partial charge on any atom is 0.251 e. The molecule has 21 heavy (non-hydrogen) atoms. The van der Waals surface area contributed by atoms with Crippen molar-refractivity contribution in [3.63, 3.8) is 0 Å². The summed E-state index contributed by atoms with van der Waals surface area (Å²) in [7, 11) is 0. The van der Waals surface area contributed by atoms with E-state index in [9.17, 15) is 9.18 Å². The van der Waals surface area contributed by atoms with Gasteiger partial charge in [-0.2, -0.15) is 0 Å². The molecule has 1 aliphatic heterocycles. The van der Waals surface area contributed by atoms with Gasteiger partial charge in [-0.25, -0.2) is 14.4 Å². The average molecular weight is 286 g/mol. The molecule has 0 radical (unpaired) electrons. The number of nitrogens with zero attached hydrogens (tertiary/aromatic N) is 2. The van der Waals surface area contributed by atoms with Gasteiger partial charge in [0.05, 0.1) is 6.20 Å². The number of benzene rings is 1. The summed E-state index contributed by atoms with van der Waals surface area (Å²) in [5.41, 5.74) is 7.51. The van der Waals surface area contributed by atoms with E-state index in [1.807, 2.05) is 13.8 Å². The number of carbonyl (C=O) groups excluding carboxylic acids is 1. The molecule has 0 aliphatic carbocycles. The van der Waals surface area contributed by atoms with Crippen LogP contribution in [0.1, 0.15) is 29.8 Å². The SMILES string of the molecule is CC1(C)CNC(=O)c2ccc(-c3nc(N)ncc3F)cc21. The zero-order valence-electron chi connectivity index (χ0n) is 11.8. The number of hydrogen-bond donors (Lipinski definition) is 2. The number of rotatable bonds is 1. The van der Waals surface area contributed by atoms with Crippen LogP contribution in [0.25, 0.3) is 11.3 Å². The van der Waals surface area contributed by atoms with Crippen LogP contribution in [-0.4, -0.2) is 22.4 Å². The molecule has 1 aliphatic rings. The zero-order valence-corrected chi connectivity index (χ0v) is 11.8. The van der Waals surface area contributed by atoms with Crippen LogP contribution in [0.3, 0.4) is 0 Å². The third kappa shape index (κ3) is 2.22. The summed E-state index contributed by atoms with van der Waals surface area (Å²) in [5, 5.41) is 2.85. The number of nitrogens with two attached hydrogens (primary N) is 1. The number of fused-ring (bicyclic) bond motifs is 1. The number of nitrogen functional groups attached to an aromatic ring is 1. The molecule has 0 bridgehead atoms. The molecule has 1 amide bonds. The maximum atomic E-state index is 13.9. The molecule has 0 atom stereocenters. The summed E-state index contributed by atoms with van der Waals surface area (Å²) in [6, 6.07) is 5.17. The molecule has 3 rings (SSSR count). The summed E-state index contributed by atoms with van der Waals surface area (Å²) in [6.45, 7) is 4.59. The van der Waals surface area contributed by atoms with Crippen molar-refractivity contribution in [3.05, 3.63) is 41.3 Å². The molecular weight excluding hydrogens is 271 g/mol. The lowest BCUT2D eigenvalue weighted by Gasteiger charge is -2.32. The topological polar surface area (TPSA) is 80.9 Å². The lowest BCUT2D eigenvalue weighted by atomic mass is 9.78. The van der Waals surface area contributed by atoms with E-state index >= 15 is 0 Å². The van der Waals surface area contributed by atoms with Crippen molar-refractivity contribution in [2.45, 2.75) is 19.3 Å². The Morgan fingerprint density at radius 2 is 2.14 bits per heavy atom. The molecule has 0 saturated carbocycles. The predicted molar refractivity (Wildman–Crippen MR) is 77.2 cm³/mol. The van der Waals surface area contributed by atoms with Crippen molar-refractivity contribution in [2.24, 2.45) is 0 Å². The zero-order chi connectivity index (χ0) is 15.2. The van der Waals surface area contributed by atoms with Crippen molar-refractivity contribution in [3.8, 4) is 11.3 Å². The number of nitrogens with one attached hydrogen (secondary N) is 1. The third-order valence-electron chi connectivity index (χ3n) is 3.72. The Balaban J connectivity index is 2.19. The van der Waals surface area contributed by atoms with E-state index in [2.05, 4.69) is 15.3 Å². The summed E-state index contributed by atoms with van der Waals surface area (Å²) in [4.78, 5) is 19.5. The minimum absolute atomic E-state index is 0.0149. The first-order chi connectivity index (χ1) is 9.88. The predicted octanol–water partition coefficient (Wildman–Crippen LogP) is 1.89. The van der Waals surface area contributed by atoms with Crippen molar-refractivity contribution in [1.82, 2.24) is 15.3 Å². The first-order valence-electron chi connectivity index (χ1n) is 6.59. The standard InChI is InChI=1S/C15H15FN4O/c1-15(2)7-19-13(21)9-4-3-8(5-10(9)15)12-11(16)6-18-14(17)20-12/h3-6H,7H2,1-2H3,(H,19,21)(H2,17,18,20). The summed E-state index contributed by atoms with van der Waals surface area (Å²) >= 11 is 0. The summed E-state index contributed by atoms with van der Waals surface area (Å²) in [6.07, 6.45) is 1.05. The quantitative estimate of drug-likeness (QED) is 0.838. The Hall–Kier alpha value is -2.50. The first kappa shape index (κ1) is 13.5. The number of anilines is 1. The lowest BCUT2D eigenvalue weighted by Crippen LogP contribution is -2.43. The van der Waals surface area contributed by atoms with Crippen molar-refractivity contribution < 1.29 is 9.18 Å². The van der Waals surface area contributed by atoms with Gasteiger partial charge in [-0.15, -0.1) is 0 Å². The van der Waals surface area contributed by atoms with E-state index in [4.69, 9.17) is 5.73 Å². The van der Waals surface area contributed by atoms with Gasteiger partial charge >= 0.3 is 0 Å². The maximum absolute atomic E-state index is 13.9. The van der Waals surface area contributed by atoms with E-state index in [0.29, 0.717) is 17.7 Å². The van der Waals surface area contributed by atoms with E-state index in [-0.39, 0.29) is 23.0 Å². The van der Waals surface area contributed by atoms with Gasteiger partial charge in [-0.05, 0) is 17.7 Å². The van der Waals surface area contributed by atoms with Crippen LogP contribution in [0, 0.1) is 5.82 Å². The highest BCUT2D eigenvalue weighted by Crippen LogP contribution is 2.33. The van der Waals surface area contributed by atoms with Crippen LogP contribution in [0.5, 0.6) is 0 Å². The van der Waals surface area contributed by atoms with Crippen LogP contribution in [0.4, 0.5) is 10.3 Å². The number of carbonyl (C=O) groups is 1. The second-order valence-electron chi connectivity index (χ2n) is 5.75. The van der Waals surface area contributed by atoms with Crippen molar-refractivity contribution >= 4 is 11.9 Å². The van der Waals surface area contributed by atoms with E-state index in [0.717, 1.165) is 11.8 Å². The molecule has 5 nitrogen and oxygen atoms in total. The smallest absolute Gasteiger partial charge is 0.251 e. The average Bonchev–Trinajstić information content (AvgIpc) is 2.46. The Kier molecular flexibility index (Phi) is 2.90. The second kappa shape index (κ2) is 4.51. The minimum Gasteiger partial charge on any atom is -0.368 e. The number of halogens is 1. The van der Waals surface area contributed by atoms with Gasteiger partial charge in [0.25, 0.3) is 5.91 Å². The molecule has 0 fully saturated rings. The fourth-order valence-electron chi connectivity index (χ4n) is 2.52. The van der Waals surface area contributed by atoms with Crippen LogP contribution >= 0.6 is 0 Å². The van der Waals surface area contributed by atoms with Gasteiger partial charge in [0.1, 0.15) is 5.69 Å². The van der Waals surface area contributed by atoms with Crippen LogP contribution in [-0.2, 0) is 5.41 Å². The molecular formula is C15H15FN4O. The fourth-order valence-corrected chi connectivity index (χ4v) is 2.52. The summed E-state index contributed by atoms with van der Waals surface area (Å²) in [5.74, 6) is -0.637. The molecule has 0 spiro atoms. The third-order valence-corrected chi connectivity index (χ3v) is 3.72. The van der Waals surface area contributed by atoms with Gasteiger partial charge in [-0.1, -0.05) is 19.9 Å². The van der Waals surface area contributed by atoms with Gasteiger partial charge in [0.15, 0.2) is 5.82 Å². The molecule has 2 heterocycles. The molecule has 0 unspecified atom stereocenters. The molecule has 1 aromatic heterocycles. The highest BCUT2D eigenvalue weighted by molar-refractivity contribution is 5.98. The van der Waals surface area contributed by atoms with Gasteiger partial charge in [0.2, 0.25) is 5.95 Å². The second-order valence-corrected chi connectivity index (χ2v) is 5.75. The Morgan fingerprint density at radius 3 is 2.90 bits per heavy atom. The van der Waals surface area contributed by atoms with Crippen molar-refractivity contribution in [1.29, 1.82) is 0 Å². The molecule has 1 aromatic carbocycles.